The molecule has 11 nitrogen and oxygen atoms in total. The van der Waals surface area contributed by atoms with Gasteiger partial charge in [-0.2, -0.15) is 0 Å². The van der Waals surface area contributed by atoms with Crippen LogP contribution in [0, 0.1) is 0 Å². The molecule has 1 aromatic carbocycles. The second kappa shape index (κ2) is 9.92. The van der Waals surface area contributed by atoms with Gasteiger partial charge in [0.2, 0.25) is 0 Å². The van der Waals surface area contributed by atoms with Crippen molar-refractivity contribution in [2.45, 2.75) is 0 Å². The van der Waals surface area contributed by atoms with Crippen molar-refractivity contribution >= 4 is 23.8 Å². The molecule has 0 bridgehead atoms. The van der Waals surface area contributed by atoms with Gasteiger partial charge >= 0.3 is 12.0 Å². The van der Waals surface area contributed by atoms with Gasteiger partial charge in [-0.1, -0.05) is 0 Å². The molecular weight excluding hydrogens is 398 g/mol. The lowest BCUT2D eigenvalue weighted by atomic mass is 10.2. The average Bonchev–Trinajstić information content (AvgIpc) is 3.21. The van der Waals surface area contributed by atoms with E-state index in [0.717, 1.165) is 4.90 Å². The first-order valence-electron chi connectivity index (χ1n) is 9.41. The van der Waals surface area contributed by atoms with Crippen LogP contribution < -0.4 is 14.8 Å². The lowest BCUT2D eigenvalue weighted by Crippen LogP contribution is -2.43. The van der Waals surface area contributed by atoms with Crippen molar-refractivity contribution < 1.29 is 38.1 Å². The van der Waals surface area contributed by atoms with E-state index in [2.05, 4.69) is 5.32 Å². The van der Waals surface area contributed by atoms with Crippen molar-refractivity contribution in [1.29, 1.82) is 0 Å². The summed E-state index contributed by atoms with van der Waals surface area (Å²) in [4.78, 5) is 50.5. The van der Waals surface area contributed by atoms with E-state index in [4.69, 9.17) is 18.9 Å². The molecule has 2 saturated heterocycles. The number of hydrogen-bond acceptors (Lipinski definition) is 8. The molecule has 30 heavy (non-hydrogen) atoms. The van der Waals surface area contributed by atoms with Crippen molar-refractivity contribution in [2.24, 2.45) is 0 Å². The van der Waals surface area contributed by atoms with Crippen LogP contribution in [-0.4, -0.2) is 93.3 Å². The van der Waals surface area contributed by atoms with E-state index in [9.17, 15) is 19.2 Å². The minimum absolute atomic E-state index is 0.136. The molecule has 0 unspecified atom stereocenters. The third kappa shape index (κ3) is 5.17. The van der Waals surface area contributed by atoms with Crippen molar-refractivity contribution in [3.8, 4) is 11.5 Å². The molecule has 11 heteroatoms. The van der Waals surface area contributed by atoms with E-state index >= 15 is 0 Å². The number of carbonyl (C=O) groups excluding carboxylic acids is 4. The molecule has 0 aromatic heterocycles. The molecule has 2 fully saturated rings. The lowest BCUT2D eigenvalue weighted by molar-refractivity contribution is -0.137. The van der Waals surface area contributed by atoms with Crippen LogP contribution in [0.1, 0.15) is 10.4 Å². The Kier molecular flexibility index (Phi) is 7.07. The standard InChI is InChI=1S/C19H23N3O8/c1-27-15-10-13(18(25)30-12-17(24)22-5-4-20-19(22)26)2-3-14(15)29-11-16(23)21-6-8-28-9-7-21/h2-3,10H,4-9,11-12H2,1H3,(H,20,26). The minimum atomic E-state index is -0.753. The number of carbonyl (C=O) groups is 4. The molecule has 0 atom stereocenters. The quantitative estimate of drug-likeness (QED) is 0.592. The SMILES string of the molecule is COc1cc(C(=O)OCC(=O)N2CCNC2=O)ccc1OCC(=O)N1CCOCC1. The number of rotatable bonds is 7. The number of methoxy groups -OCH3 is 1. The molecule has 1 aromatic rings. The summed E-state index contributed by atoms with van der Waals surface area (Å²) in [6.07, 6.45) is 0. The number of esters is 1. The minimum Gasteiger partial charge on any atom is -0.493 e. The van der Waals surface area contributed by atoms with Gasteiger partial charge in [0.05, 0.1) is 25.9 Å². The number of imide groups is 1. The first-order chi connectivity index (χ1) is 14.5. The molecule has 0 radical (unpaired) electrons. The Hall–Kier alpha value is -3.34. The van der Waals surface area contributed by atoms with E-state index in [-0.39, 0.29) is 30.4 Å². The molecule has 0 saturated carbocycles. The molecular formula is C19H23N3O8. The fraction of sp³-hybridized carbons (Fsp3) is 0.474. The largest absolute Gasteiger partial charge is 0.493 e. The van der Waals surface area contributed by atoms with Crippen LogP contribution in [0.25, 0.3) is 0 Å². The van der Waals surface area contributed by atoms with Gasteiger partial charge in [0.25, 0.3) is 11.8 Å². The Morgan fingerprint density at radius 2 is 1.83 bits per heavy atom. The smallest absolute Gasteiger partial charge is 0.338 e. The number of hydrogen-bond donors (Lipinski definition) is 1. The predicted molar refractivity (Wildman–Crippen MR) is 101 cm³/mol. The fourth-order valence-corrected chi connectivity index (χ4v) is 2.96. The fourth-order valence-electron chi connectivity index (χ4n) is 2.96. The summed E-state index contributed by atoms with van der Waals surface area (Å²) < 4.78 is 21.0. The molecule has 1 N–H and O–H groups in total. The highest BCUT2D eigenvalue weighted by atomic mass is 16.5. The van der Waals surface area contributed by atoms with Crippen LogP contribution in [0.15, 0.2) is 18.2 Å². The van der Waals surface area contributed by atoms with E-state index in [0.29, 0.717) is 38.6 Å². The number of urea groups is 1. The van der Waals surface area contributed by atoms with E-state index in [1.807, 2.05) is 0 Å². The van der Waals surface area contributed by atoms with E-state index < -0.39 is 24.5 Å². The Bertz CT molecular complexity index is 822. The Morgan fingerprint density at radius 1 is 1.07 bits per heavy atom. The third-order valence-corrected chi connectivity index (χ3v) is 4.60. The predicted octanol–water partition coefficient (Wildman–Crippen LogP) is -0.359. The van der Waals surface area contributed by atoms with Gasteiger partial charge in [-0.3, -0.25) is 14.5 Å². The highest BCUT2D eigenvalue weighted by Crippen LogP contribution is 2.28. The number of ether oxygens (including phenoxy) is 4. The topological polar surface area (TPSA) is 124 Å². The second-order valence-electron chi connectivity index (χ2n) is 6.50. The number of nitrogens with one attached hydrogen (secondary N) is 1. The zero-order valence-electron chi connectivity index (χ0n) is 16.5. The first-order valence-corrected chi connectivity index (χ1v) is 9.41. The van der Waals surface area contributed by atoms with Gasteiger partial charge in [0.1, 0.15) is 0 Å². The summed E-state index contributed by atoms with van der Waals surface area (Å²) in [7, 11) is 1.40. The summed E-state index contributed by atoms with van der Waals surface area (Å²) in [5.74, 6) is -0.998. The van der Waals surface area contributed by atoms with Gasteiger partial charge in [0, 0.05) is 26.2 Å². The van der Waals surface area contributed by atoms with Crippen LogP contribution in [0.2, 0.25) is 0 Å². The molecule has 2 aliphatic heterocycles. The van der Waals surface area contributed by atoms with Gasteiger partial charge in [-0.15, -0.1) is 0 Å². The number of amides is 4. The molecule has 2 aliphatic rings. The Balaban J connectivity index is 1.54. The van der Waals surface area contributed by atoms with Crippen molar-refractivity contribution in [3.05, 3.63) is 23.8 Å². The zero-order chi connectivity index (χ0) is 21.5. The Labute approximate surface area is 172 Å². The number of morpholine rings is 1. The van der Waals surface area contributed by atoms with E-state index in [1.165, 1.54) is 25.3 Å². The summed E-state index contributed by atoms with van der Waals surface area (Å²) in [6, 6.07) is 3.81. The molecule has 4 amide bonds. The maximum absolute atomic E-state index is 12.2. The monoisotopic (exact) mass is 421 g/mol. The van der Waals surface area contributed by atoms with Crippen molar-refractivity contribution in [1.82, 2.24) is 15.1 Å². The van der Waals surface area contributed by atoms with Crippen LogP contribution in [-0.2, 0) is 19.1 Å². The highest BCUT2D eigenvalue weighted by molar-refractivity contribution is 5.98. The number of nitrogens with zero attached hydrogens (tertiary/aromatic N) is 2. The van der Waals surface area contributed by atoms with Crippen LogP contribution in [0.4, 0.5) is 4.79 Å². The lowest BCUT2D eigenvalue weighted by Gasteiger charge is -2.26. The molecule has 0 spiro atoms. The first kappa shape index (κ1) is 21.4. The second-order valence-corrected chi connectivity index (χ2v) is 6.50. The summed E-state index contributed by atoms with van der Waals surface area (Å²) in [5.41, 5.74) is 0.136. The summed E-state index contributed by atoms with van der Waals surface area (Å²) in [6.45, 7) is 1.90. The average molecular weight is 421 g/mol. The van der Waals surface area contributed by atoms with Gasteiger partial charge in [-0.05, 0) is 18.2 Å². The molecule has 162 valence electrons. The molecule has 2 heterocycles. The Morgan fingerprint density at radius 3 is 2.50 bits per heavy atom. The van der Waals surface area contributed by atoms with Crippen LogP contribution in [0.3, 0.4) is 0 Å². The van der Waals surface area contributed by atoms with Crippen molar-refractivity contribution in [3.63, 3.8) is 0 Å². The van der Waals surface area contributed by atoms with Crippen LogP contribution >= 0.6 is 0 Å². The van der Waals surface area contributed by atoms with Crippen LogP contribution in [0.5, 0.6) is 11.5 Å². The van der Waals surface area contributed by atoms with E-state index in [1.54, 1.807) is 4.90 Å². The normalized spacial score (nSPS) is 16.1. The maximum Gasteiger partial charge on any atom is 0.338 e. The summed E-state index contributed by atoms with van der Waals surface area (Å²) in [5, 5.41) is 2.49. The van der Waals surface area contributed by atoms with Gasteiger partial charge < -0.3 is 29.2 Å². The molecule has 0 aliphatic carbocycles. The number of benzene rings is 1. The van der Waals surface area contributed by atoms with Gasteiger partial charge in [-0.25, -0.2) is 9.59 Å². The van der Waals surface area contributed by atoms with Crippen molar-refractivity contribution in [2.75, 3.05) is 59.7 Å². The highest BCUT2D eigenvalue weighted by Gasteiger charge is 2.27. The molecule has 3 rings (SSSR count). The third-order valence-electron chi connectivity index (χ3n) is 4.60. The zero-order valence-corrected chi connectivity index (χ0v) is 16.5. The van der Waals surface area contributed by atoms with Gasteiger partial charge in [0.15, 0.2) is 24.7 Å². The summed E-state index contributed by atoms with van der Waals surface area (Å²) >= 11 is 0. The maximum atomic E-state index is 12.2.